The Morgan fingerprint density at radius 3 is 2.54 bits per heavy atom. The first kappa shape index (κ1) is 18.3. The fourth-order valence-corrected chi connectivity index (χ4v) is 5.29. The number of halogens is 1. The van der Waals surface area contributed by atoms with Gasteiger partial charge in [-0.05, 0) is 48.8 Å². The Kier molecular flexibility index (Phi) is 5.64. The zero-order chi connectivity index (χ0) is 17.3. The predicted octanol–water partition coefficient (Wildman–Crippen LogP) is 3.32. The van der Waals surface area contributed by atoms with Crippen LogP contribution in [-0.4, -0.2) is 65.1 Å². The van der Waals surface area contributed by atoms with Crippen molar-refractivity contribution in [1.82, 2.24) is 14.8 Å². The van der Waals surface area contributed by atoms with Gasteiger partial charge in [-0.1, -0.05) is 13.8 Å². The summed E-state index contributed by atoms with van der Waals surface area (Å²) in [6.45, 7) is 11.0. The lowest BCUT2D eigenvalue weighted by Gasteiger charge is -2.52. The summed E-state index contributed by atoms with van der Waals surface area (Å²) >= 11 is 4.79. The van der Waals surface area contributed by atoms with Crippen LogP contribution >= 0.6 is 27.3 Å². The third kappa shape index (κ3) is 3.69. The third-order valence-corrected chi connectivity index (χ3v) is 6.90. The lowest BCUT2D eigenvalue weighted by atomic mass is 9.80. The van der Waals surface area contributed by atoms with Crippen LogP contribution in [0.15, 0.2) is 3.92 Å². The molecule has 0 saturated carbocycles. The van der Waals surface area contributed by atoms with E-state index in [1.807, 2.05) is 11.8 Å². The Bertz CT molecular complexity index is 587. The van der Waals surface area contributed by atoms with E-state index >= 15 is 0 Å². The maximum absolute atomic E-state index is 12.7. The molecule has 7 heteroatoms. The highest BCUT2D eigenvalue weighted by molar-refractivity contribution is 9.11. The average molecular weight is 416 g/mol. The molecule has 24 heavy (non-hydrogen) atoms. The summed E-state index contributed by atoms with van der Waals surface area (Å²) in [5.74, 6) is 0.115. The van der Waals surface area contributed by atoms with Crippen LogP contribution in [0.5, 0.6) is 0 Å². The molecular weight excluding hydrogens is 390 g/mol. The van der Waals surface area contributed by atoms with E-state index in [0.717, 1.165) is 66.5 Å². The highest BCUT2D eigenvalue weighted by Crippen LogP contribution is 2.42. The summed E-state index contributed by atoms with van der Waals surface area (Å²) in [5.41, 5.74) is 0.842. The highest BCUT2D eigenvalue weighted by Gasteiger charge is 2.48. The molecule has 1 aromatic rings. The first-order chi connectivity index (χ1) is 11.5. The Morgan fingerprint density at radius 2 is 2.04 bits per heavy atom. The summed E-state index contributed by atoms with van der Waals surface area (Å²) in [4.78, 5) is 22.1. The Balaban J connectivity index is 1.50. The topological polar surface area (TPSA) is 45.7 Å². The van der Waals surface area contributed by atoms with Gasteiger partial charge in [0.05, 0.1) is 17.4 Å². The van der Waals surface area contributed by atoms with Crippen LogP contribution in [0.2, 0.25) is 0 Å². The number of thiazole rings is 1. The van der Waals surface area contributed by atoms with E-state index in [-0.39, 0.29) is 11.5 Å². The quantitative estimate of drug-likeness (QED) is 0.739. The second-order valence-corrected chi connectivity index (χ2v) is 9.06. The van der Waals surface area contributed by atoms with Crippen LogP contribution in [0.25, 0.3) is 0 Å². The van der Waals surface area contributed by atoms with Crippen molar-refractivity contribution < 1.29 is 9.53 Å². The molecular formula is C17H26BrN3O2S. The number of likely N-dealkylation sites (N-methyl/N-ethyl adjacent to an activating group) is 1. The number of amides is 1. The molecule has 2 aliphatic rings. The number of likely N-dealkylation sites (tertiary alicyclic amines) is 1. The molecule has 1 amide bonds. The lowest BCUT2D eigenvalue weighted by Crippen LogP contribution is -2.59. The fraction of sp³-hybridized carbons (Fsp3) is 0.765. The Labute approximate surface area is 156 Å². The second-order valence-electron chi connectivity index (χ2n) is 6.79. The summed E-state index contributed by atoms with van der Waals surface area (Å²) in [6, 6.07) is 0. The molecule has 3 rings (SSSR count). The van der Waals surface area contributed by atoms with Gasteiger partial charge in [0.25, 0.3) is 5.91 Å². The van der Waals surface area contributed by atoms with Gasteiger partial charge in [-0.2, -0.15) is 0 Å². The normalized spacial score (nSPS) is 22.9. The molecule has 0 bridgehead atoms. The summed E-state index contributed by atoms with van der Waals surface area (Å²) in [6.07, 6.45) is 3.40. The minimum atomic E-state index is 0.0257. The summed E-state index contributed by atoms with van der Waals surface area (Å²) < 4.78 is 7.04. The van der Waals surface area contributed by atoms with Gasteiger partial charge >= 0.3 is 0 Å². The molecule has 134 valence electrons. The smallest absolute Gasteiger partial charge is 0.265 e. The average Bonchev–Trinajstić information content (AvgIpc) is 2.89. The Hall–Kier alpha value is -0.500. The molecule has 5 nitrogen and oxygen atoms in total. The number of carbonyl (C=O) groups is 1. The molecule has 2 fully saturated rings. The van der Waals surface area contributed by atoms with E-state index < -0.39 is 0 Å². The van der Waals surface area contributed by atoms with Crippen LogP contribution in [0, 0.1) is 6.92 Å². The van der Waals surface area contributed by atoms with Gasteiger partial charge in [0, 0.05) is 26.1 Å². The van der Waals surface area contributed by atoms with E-state index in [4.69, 9.17) is 4.74 Å². The zero-order valence-electron chi connectivity index (χ0n) is 14.7. The minimum absolute atomic E-state index is 0.0257. The highest BCUT2D eigenvalue weighted by atomic mass is 79.9. The number of piperidine rings is 1. The second kappa shape index (κ2) is 7.40. The third-order valence-electron chi connectivity index (χ3n) is 5.30. The van der Waals surface area contributed by atoms with E-state index in [0.29, 0.717) is 6.10 Å². The predicted molar refractivity (Wildman–Crippen MR) is 99.7 cm³/mol. The number of rotatable bonds is 5. The molecule has 1 aromatic heterocycles. The molecule has 0 radical (unpaired) electrons. The zero-order valence-corrected chi connectivity index (χ0v) is 17.1. The van der Waals surface area contributed by atoms with Crippen molar-refractivity contribution in [2.24, 2.45) is 0 Å². The van der Waals surface area contributed by atoms with E-state index in [2.05, 4.69) is 39.7 Å². The number of nitrogens with zero attached hydrogens (tertiary/aromatic N) is 3. The van der Waals surface area contributed by atoms with Gasteiger partial charge in [0.15, 0.2) is 3.92 Å². The van der Waals surface area contributed by atoms with Gasteiger partial charge in [0.1, 0.15) is 4.88 Å². The van der Waals surface area contributed by atoms with Gasteiger partial charge in [-0.3, -0.25) is 4.79 Å². The van der Waals surface area contributed by atoms with Gasteiger partial charge in [0.2, 0.25) is 0 Å². The van der Waals surface area contributed by atoms with E-state index in [1.54, 1.807) is 0 Å². The first-order valence-electron chi connectivity index (χ1n) is 8.78. The van der Waals surface area contributed by atoms with Crippen LogP contribution in [0.4, 0.5) is 0 Å². The standard InChI is InChI=1S/C17H26BrN3O2S/c1-4-20(5-2)11-13-10-17(23-13)6-8-21(9-7-17)15(22)14-12(3)19-16(18)24-14/h13H,4-11H2,1-3H3/t13-/m1/s1. The van der Waals surface area contributed by atoms with E-state index in [1.165, 1.54) is 11.3 Å². The largest absolute Gasteiger partial charge is 0.370 e. The molecule has 1 spiro atoms. The van der Waals surface area contributed by atoms with Gasteiger partial charge < -0.3 is 14.5 Å². The van der Waals surface area contributed by atoms with Crippen LogP contribution in [-0.2, 0) is 4.74 Å². The fourth-order valence-electron chi connectivity index (χ4n) is 3.78. The van der Waals surface area contributed by atoms with Crippen molar-refractivity contribution in [3.05, 3.63) is 14.5 Å². The molecule has 0 aromatic carbocycles. The van der Waals surface area contributed by atoms with Crippen molar-refractivity contribution >= 4 is 33.2 Å². The number of carbonyl (C=O) groups excluding carboxylic acids is 1. The van der Waals surface area contributed by atoms with Gasteiger partial charge in [-0.15, -0.1) is 11.3 Å². The van der Waals surface area contributed by atoms with Crippen molar-refractivity contribution in [2.75, 3.05) is 32.7 Å². The maximum Gasteiger partial charge on any atom is 0.265 e. The number of hydrogen-bond acceptors (Lipinski definition) is 5. The van der Waals surface area contributed by atoms with Crippen LogP contribution in [0.1, 0.15) is 48.5 Å². The molecule has 0 N–H and O–H groups in total. The Morgan fingerprint density at radius 1 is 1.42 bits per heavy atom. The molecule has 1 atom stereocenters. The molecule has 0 unspecified atom stereocenters. The number of aryl methyl sites for hydroxylation is 1. The number of hydrogen-bond donors (Lipinski definition) is 0. The van der Waals surface area contributed by atoms with Crippen molar-refractivity contribution in [1.29, 1.82) is 0 Å². The number of aromatic nitrogens is 1. The summed E-state index contributed by atoms with van der Waals surface area (Å²) in [5, 5.41) is 0. The van der Waals surface area contributed by atoms with Crippen molar-refractivity contribution in [3.63, 3.8) is 0 Å². The van der Waals surface area contributed by atoms with Gasteiger partial charge in [-0.25, -0.2) is 4.98 Å². The lowest BCUT2D eigenvalue weighted by molar-refractivity contribution is -0.227. The van der Waals surface area contributed by atoms with Crippen molar-refractivity contribution in [2.45, 2.75) is 51.7 Å². The SMILES string of the molecule is CCN(CC)C[C@H]1CC2(CCN(C(=O)c3sc(Br)nc3C)CC2)O1. The molecule has 2 aliphatic heterocycles. The minimum Gasteiger partial charge on any atom is -0.370 e. The molecule has 3 heterocycles. The first-order valence-corrected chi connectivity index (χ1v) is 10.4. The maximum atomic E-state index is 12.7. The van der Waals surface area contributed by atoms with Crippen molar-refractivity contribution in [3.8, 4) is 0 Å². The summed E-state index contributed by atoms with van der Waals surface area (Å²) in [7, 11) is 0. The van der Waals surface area contributed by atoms with E-state index in [9.17, 15) is 4.79 Å². The monoisotopic (exact) mass is 415 g/mol. The molecule has 0 aliphatic carbocycles. The number of ether oxygens (including phenoxy) is 1. The van der Waals surface area contributed by atoms with Crippen LogP contribution < -0.4 is 0 Å². The molecule has 2 saturated heterocycles. The van der Waals surface area contributed by atoms with Crippen LogP contribution in [0.3, 0.4) is 0 Å².